The number of aryl methyl sites for hydroxylation is 1. The van der Waals surface area contributed by atoms with Crippen LogP contribution in [0.3, 0.4) is 0 Å². The van der Waals surface area contributed by atoms with E-state index in [1.165, 1.54) is 25.4 Å². The molecule has 3 aliphatic rings. The number of phosphoric ester groups is 1. The molecule has 0 spiro atoms. The topological polar surface area (TPSA) is 257 Å². The smallest absolute Gasteiger partial charge is 0.394 e. The van der Waals surface area contributed by atoms with E-state index < -0.39 is 86.9 Å². The Morgan fingerprint density at radius 2 is 2.05 bits per heavy atom. The Hall–Kier alpha value is -2.15. The summed E-state index contributed by atoms with van der Waals surface area (Å²) in [5.41, 5.74) is 3.58. The summed E-state index contributed by atoms with van der Waals surface area (Å²) in [6.45, 7) is -3.93. The number of hydrogen-bond acceptors (Lipinski definition) is 14. The molecule has 0 bridgehead atoms. The van der Waals surface area contributed by atoms with Crippen LogP contribution < -0.4 is 22.7 Å². The Kier molecular flexibility index (Phi) is 8.01. The van der Waals surface area contributed by atoms with Crippen molar-refractivity contribution in [3.05, 3.63) is 55.3 Å². The Balaban J connectivity index is 1.28. The molecule has 5 rings (SSSR count). The van der Waals surface area contributed by atoms with Crippen LogP contribution in [0, 0.1) is 6.92 Å². The molecular formula is C19H25N5O13P2S. The fraction of sp³-hybridized carbons (Fsp3) is 0.579. The zero-order valence-electron chi connectivity index (χ0n) is 20.5. The first-order chi connectivity index (χ1) is 18.8. The average molecular weight is 626 g/mol. The van der Waals surface area contributed by atoms with E-state index >= 15 is 0 Å². The number of ether oxygens (including phenoxy) is 2. The highest BCUT2D eigenvalue weighted by atomic mass is 32.7. The monoisotopic (exact) mass is 626 g/mol. The maximum atomic E-state index is 12.8. The van der Waals surface area contributed by atoms with Gasteiger partial charge in [0.25, 0.3) is 5.56 Å². The number of aliphatic hydroxyl groups excluding tert-OH is 1. The predicted octanol–water partition coefficient (Wildman–Crippen LogP) is -1.04. The van der Waals surface area contributed by atoms with Crippen LogP contribution in [0.15, 0.2) is 32.8 Å². The molecule has 3 fully saturated rings. The summed E-state index contributed by atoms with van der Waals surface area (Å²) in [7, 11) is -4.88. The minimum atomic E-state index is -4.88. The number of H-pyrrole nitrogens is 1. The number of aromatic amines is 1. The van der Waals surface area contributed by atoms with Gasteiger partial charge in [-0.3, -0.25) is 32.5 Å². The van der Waals surface area contributed by atoms with Crippen molar-refractivity contribution < 1.29 is 47.1 Å². The number of aliphatic hydroxyl groups is 1. The van der Waals surface area contributed by atoms with Gasteiger partial charge in [0.1, 0.15) is 36.5 Å². The van der Waals surface area contributed by atoms with Gasteiger partial charge in [-0.05, 0) is 24.4 Å². The highest BCUT2D eigenvalue weighted by Gasteiger charge is 2.58. The van der Waals surface area contributed by atoms with Crippen LogP contribution in [0.2, 0.25) is 0 Å². The van der Waals surface area contributed by atoms with Crippen molar-refractivity contribution in [3.8, 4) is 0 Å². The van der Waals surface area contributed by atoms with Gasteiger partial charge in [-0.25, -0.2) is 18.7 Å². The molecule has 220 valence electrons. The highest BCUT2D eigenvalue weighted by molar-refractivity contribution is 8.55. The van der Waals surface area contributed by atoms with Crippen LogP contribution >= 0.6 is 26.0 Å². The molecule has 40 heavy (non-hydrogen) atoms. The minimum Gasteiger partial charge on any atom is -0.394 e. The Morgan fingerprint density at radius 3 is 2.75 bits per heavy atom. The number of phosphoric acid groups is 1. The number of nitrogens with one attached hydrogen (secondary N) is 1. The van der Waals surface area contributed by atoms with Gasteiger partial charge >= 0.3 is 26.0 Å². The number of rotatable bonds is 8. The minimum absolute atomic E-state index is 0.0444. The molecule has 2 unspecified atom stereocenters. The molecule has 9 atom stereocenters. The molecule has 0 saturated carbocycles. The molecule has 18 nitrogen and oxygen atoms in total. The van der Waals surface area contributed by atoms with E-state index in [1.807, 2.05) is 0 Å². The zero-order valence-corrected chi connectivity index (χ0v) is 23.1. The number of nitrogens with two attached hydrogens (primary N) is 1. The van der Waals surface area contributed by atoms with Gasteiger partial charge in [0.05, 0.1) is 18.5 Å². The van der Waals surface area contributed by atoms with Crippen molar-refractivity contribution in [2.24, 2.45) is 0 Å². The van der Waals surface area contributed by atoms with Gasteiger partial charge in [-0.2, -0.15) is 4.98 Å². The van der Waals surface area contributed by atoms with Gasteiger partial charge < -0.3 is 30.1 Å². The third-order valence-electron chi connectivity index (χ3n) is 6.41. The summed E-state index contributed by atoms with van der Waals surface area (Å²) in [6, 6.07) is 1.33. The molecule has 2 aromatic heterocycles. The summed E-state index contributed by atoms with van der Waals surface area (Å²) >= 11 is 0.554. The Bertz CT molecular complexity index is 1560. The first-order valence-corrected chi connectivity index (χ1v) is 16.3. The molecule has 6 N–H and O–H groups in total. The summed E-state index contributed by atoms with van der Waals surface area (Å²) < 4.78 is 54.2. The van der Waals surface area contributed by atoms with E-state index in [2.05, 4.69) is 9.97 Å². The lowest BCUT2D eigenvalue weighted by Gasteiger charge is -2.22. The average Bonchev–Trinajstić information content (AvgIpc) is 3.50. The molecule has 3 saturated heterocycles. The number of nitrogens with zero attached hydrogens (tertiary/aromatic N) is 3. The number of aromatic nitrogens is 4. The van der Waals surface area contributed by atoms with Gasteiger partial charge in [-0.15, -0.1) is 0 Å². The van der Waals surface area contributed by atoms with E-state index in [9.17, 15) is 38.4 Å². The van der Waals surface area contributed by atoms with E-state index in [0.717, 1.165) is 9.13 Å². The lowest BCUT2D eigenvalue weighted by Crippen LogP contribution is -2.33. The van der Waals surface area contributed by atoms with Gasteiger partial charge in [0.2, 0.25) is 0 Å². The fourth-order valence-electron chi connectivity index (χ4n) is 4.57. The maximum absolute atomic E-state index is 12.8. The molecular weight excluding hydrogens is 601 g/mol. The van der Waals surface area contributed by atoms with Gasteiger partial charge in [-0.1, -0.05) is 0 Å². The molecule has 5 heterocycles. The van der Waals surface area contributed by atoms with Gasteiger partial charge in [0.15, 0.2) is 6.23 Å². The molecule has 0 amide bonds. The molecule has 0 aliphatic carbocycles. The van der Waals surface area contributed by atoms with Crippen molar-refractivity contribution in [2.45, 2.75) is 55.5 Å². The molecule has 0 aromatic carbocycles. The Morgan fingerprint density at radius 1 is 1.30 bits per heavy atom. The SMILES string of the molecule is Cc1cn([C@H]2C[C@H](O[32P](=O)(O)OC[C@H]3O[C@@H](n4ccc(N)nc4=O)[C@@H]4SP(=O)(O)O[C@@H]43)[C@@H](CO)O2)c(=O)[nH]c1=O. The normalized spacial score (nSPS) is 35.0. The van der Waals surface area contributed by atoms with Crippen LogP contribution in [0.1, 0.15) is 24.4 Å². The fourth-order valence-corrected chi connectivity index (χ4v) is 9.24. The van der Waals surface area contributed by atoms with E-state index in [-0.39, 0.29) is 17.8 Å². The molecule has 0 radical (unpaired) electrons. The first-order valence-electron chi connectivity index (χ1n) is 11.7. The summed E-state index contributed by atoms with van der Waals surface area (Å²) in [5.74, 6) is -0.0444. The second-order valence-corrected chi connectivity index (χ2v) is 14.5. The van der Waals surface area contributed by atoms with Crippen LogP contribution in [-0.4, -0.2) is 76.9 Å². The van der Waals surface area contributed by atoms with Crippen molar-refractivity contribution in [1.82, 2.24) is 19.1 Å². The summed E-state index contributed by atoms with van der Waals surface area (Å²) in [4.78, 5) is 62.4. The second-order valence-electron chi connectivity index (χ2n) is 9.15. The summed E-state index contributed by atoms with van der Waals surface area (Å²) in [6.07, 6.45) is -4.38. The largest absolute Gasteiger partial charge is 0.472 e. The van der Waals surface area contributed by atoms with Crippen LogP contribution in [0.25, 0.3) is 0 Å². The highest BCUT2D eigenvalue weighted by Crippen LogP contribution is 2.69. The van der Waals surface area contributed by atoms with Crippen LogP contribution in [0.5, 0.6) is 0 Å². The molecule has 2 aromatic rings. The van der Waals surface area contributed by atoms with Crippen molar-refractivity contribution in [3.63, 3.8) is 0 Å². The van der Waals surface area contributed by atoms with E-state index in [0.29, 0.717) is 11.4 Å². The van der Waals surface area contributed by atoms with Crippen LogP contribution in [0.4, 0.5) is 5.82 Å². The number of nitrogen functional groups attached to an aromatic ring is 1. The summed E-state index contributed by atoms with van der Waals surface area (Å²) in [5, 5.41) is 8.84. The third-order valence-corrected chi connectivity index (χ3v) is 10.7. The third kappa shape index (κ3) is 5.91. The lowest BCUT2D eigenvalue weighted by molar-refractivity contribution is -0.0561. The van der Waals surface area contributed by atoms with Crippen molar-refractivity contribution in [2.75, 3.05) is 18.9 Å². The lowest BCUT2D eigenvalue weighted by atomic mass is 10.2. The zero-order chi connectivity index (χ0) is 29.0. The number of fused-ring (bicyclic) bond motifs is 1. The second kappa shape index (κ2) is 10.9. The van der Waals surface area contributed by atoms with Crippen LogP contribution in [-0.2, 0) is 32.2 Å². The Labute approximate surface area is 227 Å². The molecule has 21 heteroatoms. The molecule has 3 aliphatic heterocycles. The standard InChI is InChI=1S/C19H25N5O13P2S/c1-8-5-24(19(28)22-16(8)26)13-4-9(10(6-25)34-13)36-38(29,30)33-7-11-14-15(40-39(31,32)37-14)17(35-11)23-3-2-12(20)21-18(23)27/h2-3,5,9-11,13-15,17,25H,4,6-7H2,1H3,(H,29,30)(H,31,32)(H2,20,21,27)(H,22,26,28)/t9-,10+,11+,13+,14+,15+,17+/m0/s1/i38+1. The van der Waals surface area contributed by atoms with Gasteiger partial charge in [0, 0.05) is 24.4 Å². The number of hydrogen-bond donors (Lipinski definition) is 5. The van der Waals surface area contributed by atoms with Crippen molar-refractivity contribution in [1.29, 1.82) is 0 Å². The predicted molar refractivity (Wildman–Crippen MR) is 135 cm³/mol. The maximum Gasteiger partial charge on any atom is 0.472 e. The number of anilines is 1. The van der Waals surface area contributed by atoms with E-state index in [4.69, 9.17) is 28.8 Å². The van der Waals surface area contributed by atoms with E-state index in [1.54, 1.807) is 0 Å². The van der Waals surface area contributed by atoms with Crippen molar-refractivity contribution >= 4 is 31.8 Å². The first kappa shape index (κ1) is 29.3. The quantitative estimate of drug-likeness (QED) is 0.219.